The van der Waals surface area contributed by atoms with E-state index in [9.17, 15) is 13.2 Å². The average Bonchev–Trinajstić information content (AvgIpc) is 2.75. The van der Waals surface area contributed by atoms with Crippen LogP contribution in [-0.2, 0) is 14.8 Å². The van der Waals surface area contributed by atoms with Gasteiger partial charge in [0, 0.05) is 10.7 Å². The van der Waals surface area contributed by atoms with Gasteiger partial charge in [0.05, 0.1) is 22.7 Å². The van der Waals surface area contributed by atoms with E-state index in [2.05, 4.69) is 5.32 Å². The van der Waals surface area contributed by atoms with Crippen LogP contribution in [0.3, 0.4) is 0 Å². The summed E-state index contributed by atoms with van der Waals surface area (Å²) in [6, 6.07) is 16.0. The van der Waals surface area contributed by atoms with Crippen molar-refractivity contribution in [3.63, 3.8) is 0 Å². The molecule has 0 aromatic heterocycles. The van der Waals surface area contributed by atoms with Crippen LogP contribution in [0.1, 0.15) is 11.1 Å². The van der Waals surface area contributed by atoms with Crippen LogP contribution in [0, 0.1) is 13.8 Å². The molecule has 0 spiro atoms. The van der Waals surface area contributed by atoms with Crippen LogP contribution >= 0.6 is 23.2 Å². The number of rotatable bonds is 7. The summed E-state index contributed by atoms with van der Waals surface area (Å²) in [7, 11) is -2.61. The number of ether oxygens (including phenoxy) is 1. The number of nitrogens with zero attached hydrogens (tertiary/aromatic N) is 1. The molecular weight excluding hydrogens is 471 g/mol. The van der Waals surface area contributed by atoms with Crippen molar-refractivity contribution in [2.45, 2.75) is 18.7 Å². The lowest BCUT2D eigenvalue weighted by molar-refractivity contribution is -0.114. The predicted octanol–water partition coefficient (Wildman–Crippen LogP) is 5.45. The van der Waals surface area contributed by atoms with Gasteiger partial charge in [-0.1, -0.05) is 47.0 Å². The first-order valence-corrected chi connectivity index (χ1v) is 11.8. The lowest BCUT2D eigenvalue weighted by atomic mass is 10.2. The van der Waals surface area contributed by atoms with Crippen molar-refractivity contribution in [3.8, 4) is 5.75 Å². The monoisotopic (exact) mass is 492 g/mol. The van der Waals surface area contributed by atoms with E-state index >= 15 is 0 Å². The first kappa shape index (κ1) is 23.9. The molecule has 0 atom stereocenters. The van der Waals surface area contributed by atoms with Gasteiger partial charge in [0.15, 0.2) is 0 Å². The van der Waals surface area contributed by atoms with Crippen molar-refractivity contribution < 1.29 is 17.9 Å². The molecule has 0 fully saturated rings. The number of hydrogen-bond acceptors (Lipinski definition) is 4. The van der Waals surface area contributed by atoms with Crippen molar-refractivity contribution in [2.75, 3.05) is 23.3 Å². The van der Waals surface area contributed by atoms with Crippen molar-refractivity contribution in [1.82, 2.24) is 0 Å². The molecule has 3 rings (SSSR count). The van der Waals surface area contributed by atoms with Gasteiger partial charge >= 0.3 is 0 Å². The SMILES string of the molecule is COc1ccc(N(CC(=O)Nc2cc(Cl)ccc2C)S(=O)(=O)c2ccc(C)cc2)cc1Cl. The van der Waals surface area contributed by atoms with Crippen LogP contribution < -0.4 is 14.4 Å². The molecule has 1 amide bonds. The molecule has 0 saturated heterocycles. The summed E-state index contributed by atoms with van der Waals surface area (Å²) in [4.78, 5) is 12.9. The Labute approximate surface area is 197 Å². The fraction of sp³-hybridized carbons (Fsp3) is 0.174. The molecule has 168 valence electrons. The molecule has 0 heterocycles. The minimum absolute atomic E-state index is 0.0572. The molecule has 0 aliphatic rings. The Balaban J connectivity index is 2.00. The highest BCUT2D eigenvalue weighted by molar-refractivity contribution is 7.92. The predicted molar refractivity (Wildman–Crippen MR) is 129 cm³/mol. The maximum absolute atomic E-state index is 13.5. The number of carbonyl (C=O) groups excluding carboxylic acids is 1. The Morgan fingerprint density at radius 3 is 2.31 bits per heavy atom. The number of hydrogen-bond donors (Lipinski definition) is 1. The van der Waals surface area contributed by atoms with Crippen LogP contribution in [0.5, 0.6) is 5.75 Å². The number of benzene rings is 3. The van der Waals surface area contributed by atoms with Crippen LogP contribution in [-0.4, -0.2) is 28.0 Å². The highest BCUT2D eigenvalue weighted by Gasteiger charge is 2.28. The molecule has 6 nitrogen and oxygen atoms in total. The number of nitrogens with one attached hydrogen (secondary N) is 1. The van der Waals surface area contributed by atoms with Crippen LogP contribution in [0.15, 0.2) is 65.6 Å². The van der Waals surface area contributed by atoms with E-state index in [0.717, 1.165) is 15.4 Å². The highest BCUT2D eigenvalue weighted by atomic mass is 35.5. The molecule has 0 aliphatic heterocycles. The van der Waals surface area contributed by atoms with E-state index in [4.69, 9.17) is 27.9 Å². The van der Waals surface area contributed by atoms with E-state index in [1.165, 1.54) is 31.4 Å². The van der Waals surface area contributed by atoms with E-state index < -0.39 is 22.5 Å². The van der Waals surface area contributed by atoms with Crippen molar-refractivity contribution in [2.24, 2.45) is 0 Å². The molecule has 0 saturated carbocycles. The van der Waals surface area contributed by atoms with Crippen LogP contribution in [0.4, 0.5) is 11.4 Å². The zero-order valence-electron chi connectivity index (χ0n) is 17.7. The van der Waals surface area contributed by atoms with Gasteiger partial charge in [-0.05, 0) is 61.9 Å². The number of halogens is 2. The molecular formula is C23H22Cl2N2O4S. The molecule has 1 N–H and O–H groups in total. The molecule has 9 heteroatoms. The lowest BCUT2D eigenvalue weighted by Gasteiger charge is -2.25. The molecule has 0 aliphatic carbocycles. The Kier molecular flexibility index (Phi) is 7.33. The maximum Gasteiger partial charge on any atom is 0.264 e. The Morgan fingerprint density at radius 1 is 1.00 bits per heavy atom. The Hall–Kier alpha value is -2.74. The number of carbonyl (C=O) groups is 1. The summed E-state index contributed by atoms with van der Waals surface area (Å²) in [5.74, 6) is -0.139. The fourth-order valence-corrected chi connectivity index (χ4v) is 4.85. The minimum atomic E-state index is -4.07. The van der Waals surface area contributed by atoms with Gasteiger partial charge in [-0.15, -0.1) is 0 Å². The standard InChI is InChI=1S/C23H22Cl2N2O4S/c1-15-4-9-19(10-5-15)32(29,30)27(18-8-11-22(31-3)20(25)13-18)14-23(28)26-21-12-17(24)7-6-16(21)2/h4-13H,14H2,1-3H3,(H,26,28). The third kappa shape index (κ3) is 5.35. The van der Waals surface area contributed by atoms with E-state index in [1.54, 1.807) is 36.4 Å². The lowest BCUT2D eigenvalue weighted by Crippen LogP contribution is -2.38. The minimum Gasteiger partial charge on any atom is -0.495 e. The van der Waals surface area contributed by atoms with Crippen molar-refractivity contribution in [3.05, 3.63) is 81.8 Å². The highest BCUT2D eigenvalue weighted by Crippen LogP contribution is 2.32. The van der Waals surface area contributed by atoms with Gasteiger partial charge < -0.3 is 10.1 Å². The molecule has 3 aromatic rings. The second-order valence-corrected chi connectivity index (χ2v) is 9.86. The Bertz CT molecular complexity index is 1250. The number of aryl methyl sites for hydroxylation is 2. The fourth-order valence-electron chi connectivity index (χ4n) is 3.01. The van der Waals surface area contributed by atoms with Crippen LogP contribution in [0.2, 0.25) is 10.0 Å². The van der Waals surface area contributed by atoms with E-state index in [-0.39, 0.29) is 15.6 Å². The average molecular weight is 493 g/mol. The molecule has 32 heavy (non-hydrogen) atoms. The van der Waals surface area contributed by atoms with Crippen molar-refractivity contribution in [1.29, 1.82) is 0 Å². The smallest absolute Gasteiger partial charge is 0.264 e. The summed E-state index contributed by atoms with van der Waals surface area (Å²) < 4.78 is 33.1. The number of sulfonamides is 1. The first-order valence-electron chi connectivity index (χ1n) is 9.61. The molecule has 0 radical (unpaired) electrons. The van der Waals surface area contributed by atoms with Gasteiger partial charge in [0.1, 0.15) is 12.3 Å². The van der Waals surface area contributed by atoms with Gasteiger partial charge in [-0.25, -0.2) is 8.42 Å². The summed E-state index contributed by atoms with van der Waals surface area (Å²) in [6.45, 7) is 3.21. The van der Waals surface area contributed by atoms with Gasteiger partial charge in [-0.3, -0.25) is 9.10 Å². The third-order valence-corrected chi connectivity index (χ3v) is 7.11. The Morgan fingerprint density at radius 2 is 1.69 bits per heavy atom. The topological polar surface area (TPSA) is 75.7 Å². The second kappa shape index (κ2) is 9.81. The maximum atomic E-state index is 13.5. The third-order valence-electron chi connectivity index (χ3n) is 4.79. The summed E-state index contributed by atoms with van der Waals surface area (Å²) >= 11 is 12.3. The summed E-state index contributed by atoms with van der Waals surface area (Å²) in [6.07, 6.45) is 0. The molecule has 3 aromatic carbocycles. The van der Waals surface area contributed by atoms with Crippen LogP contribution in [0.25, 0.3) is 0 Å². The van der Waals surface area contributed by atoms with E-state index in [0.29, 0.717) is 16.5 Å². The van der Waals surface area contributed by atoms with Crippen molar-refractivity contribution >= 4 is 50.5 Å². The first-order chi connectivity index (χ1) is 15.1. The van der Waals surface area contributed by atoms with E-state index in [1.807, 2.05) is 13.8 Å². The number of methoxy groups -OCH3 is 1. The second-order valence-electron chi connectivity index (χ2n) is 7.15. The number of amides is 1. The largest absolute Gasteiger partial charge is 0.495 e. The molecule has 0 unspecified atom stereocenters. The zero-order chi connectivity index (χ0) is 23.5. The normalized spacial score (nSPS) is 11.2. The molecule has 0 bridgehead atoms. The quantitative estimate of drug-likeness (QED) is 0.475. The van der Waals surface area contributed by atoms with Gasteiger partial charge in [0.2, 0.25) is 5.91 Å². The summed E-state index contributed by atoms with van der Waals surface area (Å²) in [5.41, 5.74) is 2.44. The zero-order valence-corrected chi connectivity index (χ0v) is 20.1. The summed E-state index contributed by atoms with van der Waals surface area (Å²) in [5, 5.41) is 3.41. The van der Waals surface area contributed by atoms with Gasteiger partial charge in [-0.2, -0.15) is 0 Å². The van der Waals surface area contributed by atoms with Gasteiger partial charge in [0.25, 0.3) is 10.0 Å². The number of anilines is 2.